The first-order valence-corrected chi connectivity index (χ1v) is 8.66. The summed E-state index contributed by atoms with van der Waals surface area (Å²) in [6.07, 6.45) is 2.18. The highest BCUT2D eigenvalue weighted by Crippen LogP contribution is 2.15. The fraction of sp³-hybridized carbons (Fsp3) is 0.263. The number of hydrogen-bond acceptors (Lipinski definition) is 5. The summed E-state index contributed by atoms with van der Waals surface area (Å²) >= 11 is 0. The zero-order valence-electron chi connectivity index (χ0n) is 14.3. The van der Waals surface area contributed by atoms with E-state index in [1.807, 2.05) is 59.5 Å². The maximum atomic E-state index is 12.4. The Kier molecular flexibility index (Phi) is 4.59. The van der Waals surface area contributed by atoms with Gasteiger partial charge in [0.1, 0.15) is 6.61 Å². The largest absolute Gasteiger partial charge is 0.389 e. The summed E-state index contributed by atoms with van der Waals surface area (Å²) in [6, 6.07) is 17.1. The number of aromatic nitrogens is 4. The van der Waals surface area contributed by atoms with Gasteiger partial charge in [0.25, 0.3) is 5.91 Å². The molecule has 1 aliphatic rings. The van der Waals surface area contributed by atoms with Crippen molar-refractivity contribution in [3.8, 4) is 11.4 Å². The third kappa shape index (κ3) is 3.42. The van der Waals surface area contributed by atoms with Crippen molar-refractivity contribution in [1.29, 1.82) is 0 Å². The Hall–Kier alpha value is -3.22. The van der Waals surface area contributed by atoms with E-state index in [-0.39, 0.29) is 5.91 Å². The van der Waals surface area contributed by atoms with Crippen molar-refractivity contribution >= 4 is 5.91 Å². The van der Waals surface area contributed by atoms with Crippen LogP contribution in [0.1, 0.15) is 28.8 Å². The summed E-state index contributed by atoms with van der Waals surface area (Å²) in [5.74, 6) is 0.647. The Morgan fingerprint density at radius 2 is 1.73 bits per heavy atom. The van der Waals surface area contributed by atoms with Gasteiger partial charge in [-0.05, 0) is 41.0 Å². The van der Waals surface area contributed by atoms with Crippen LogP contribution in [0, 0.1) is 0 Å². The second kappa shape index (κ2) is 7.35. The number of likely N-dealkylation sites (tertiary alicyclic amines) is 1. The number of rotatable bonds is 5. The van der Waals surface area contributed by atoms with Crippen molar-refractivity contribution in [3.63, 3.8) is 0 Å². The molecule has 3 aromatic rings. The molecule has 26 heavy (non-hydrogen) atoms. The zero-order valence-corrected chi connectivity index (χ0v) is 14.3. The summed E-state index contributed by atoms with van der Waals surface area (Å²) in [5, 5.41) is 11.6. The van der Waals surface area contributed by atoms with Crippen molar-refractivity contribution in [2.75, 3.05) is 13.1 Å². The van der Waals surface area contributed by atoms with Crippen molar-refractivity contribution < 1.29 is 9.63 Å². The van der Waals surface area contributed by atoms with Crippen molar-refractivity contribution in [1.82, 2.24) is 25.3 Å². The average molecular weight is 349 g/mol. The lowest BCUT2D eigenvalue weighted by Gasteiger charge is -2.15. The van der Waals surface area contributed by atoms with Crippen molar-refractivity contribution in [2.24, 2.45) is 0 Å². The molecule has 0 saturated carbocycles. The number of hydrogen-bond donors (Lipinski definition) is 0. The topological polar surface area (TPSA) is 73.1 Å². The molecule has 0 unspecified atom stereocenters. The van der Waals surface area contributed by atoms with Crippen LogP contribution in [0.2, 0.25) is 0 Å². The molecule has 0 N–H and O–H groups in total. The first-order chi connectivity index (χ1) is 12.8. The van der Waals surface area contributed by atoms with Crippen LogP contribution in [0.25, 0.3) is 11.4 Å². The SMILES string of the molecule is O=C(c1ccc(COn2nnnc2-c2ccccc2)cc1)N1CCCC1. The highest BCUT2D eigenvalue weighted by atomic mass is 16.7. The molecule has 1 fully saturated rings. The standard InChI is InChI=1S/C19H19N5O2/c25-19(23-12-4-5-13-23)17-10-8-15(9-11-17)14-26-24-18(20-21-22-24)16-6-2-1-3-7-16/h1-3,6-11H,4-5,12-14H2. The zero-order chi connectivity index (χ0) is 17.8. The van der Waals surface area contributed by atoms with E-state index in [2.05, 4.69) is 15.5 Å². The molecule has 2 aromatic carbocycles. The van der Waals surface area contributed by atoms with Gasteiger partial charge in [0.15, 0.2) is 0 Å². The molecular weight excluding hydrogens is 330 g/mol. The Bertz CT molecular complexity index is 870. The van der Waals surface area contributed by atoms with Gasteiger partial charge < -0.3 is 9.74 Å². The Morgan fingerprint density at radius 3 is 2.46 bits per heavy atom. The van der Waals surface area contributed by atoms with E-state index >= 15 is 0 Å². The van der Waals surface area contributed by atoms with Crippen molar-refractivity contribution in [2.45, 2.75) is 19.4 Å². The molecular formula is C19H19N5O2. The predicted octanol–water partition coefficient (Wildman–Crippen LogP) is 2.20. The summed E-state index contributed by atoms with van der Waals surface area (Å²) < 4.78 is 0. The Labute approximate surface area is 151 Å². The number of nitrogens with zero attached hydrogens (tertiary/aromatic N) is 5. The minimum atomic E-state index is 0.0989. The number of carbonyl (C=O) groups excluding carboxylic acids is 1. The maximum Gasteiger partial charge on any atom is 0.253 e. The second-order valence-corrected chi connectivity index (χ2v) is 6.21. The third-order valence-corrected chi connectivity index (χ3v) is 4.42. The number of benzene rings is 2. The fourth-order valence-corrected chi connectivity index (χ4v) is 3.00. The first-order valence-electron chi connectivity index (χ1n) is 8.66. The van der Waals surface area contributed by atoms with Gasteiger partial charge in [0, 0.05) is 24.2 Å². The van der Waals surface area contributed by atoms with Gasteiger partial charge in [-0.15, -0.1) is 5.10 Å². The molecule has 0 radical (unpaired) electrons. The number of amides is 1. The van der Waals surface area contributed by atoms with Gasteiger partial charge >= 0.3 is 0 Å². The van der Waals surface area contributed by atoms with E-state index in [1.165, 1.54) is 4.85 Å². The Morgan fingerprint density at radius 1 is 1.00 bits per heavy atom. The monoisotopic (exact) mass is 349 g/mol. The van der Waals surface area contributed by atoms with Crippen LogP contribution in [-0.2, 0) is 6.61 Å². The number of carbonyl (C=O) groups is 1. The molecule has 4 rings (SSSR count). The van der Waals surface area contributed by atoms with Crippen LogP contribution in [-0.4, -0.2) is 44.3 Å². The van der Waals surface area contributed by atoms with Gasteiger partial charge in [-0.1, -0.05) is 47.3 Å². The van der Waals surface area contributed by atoms with E-state index in [0.717, 1.165) is 37.1 Å². The molecule has 0 spiro atoms. The Balaban J connectivity index is 1.41. The van der Waals surface area contributed by atoms with E-state index < -0.39 is 0 Å². The van der Waals surface area contributed by atoms with Crippen LogP contribution in [0.3, 0.4) is 0 Å². The van der Waals surface area contributed by atoms with Gasteiger partial charge in [0.05, 0.1) is 0 Å². The van der Waals surface area contributed by atoms with E-state index in [0.29, 0.717) is 18.0 Å². The van der Waals surface area contributed by atoms with E-state index in [9.17, 15) is 4.79 Å². The van der Waals surface area contributed by atoms with Crippen LogP contribution < -0.4 is 4.84 Å². The van der Waals surface area contributed by atoms with Gasteiger partial charge in [-0.2, -0.15) is 0 Å². The molecule has 2 heterocycles. The summed E-state index contributed by atoms with van der Waals surface area (Å²) in [7, 11) is 0. The third-order valence-electron chi connectivity index (χ3n) is 4.42. The predicted molar refractivity (Wildman–Crippen MR) is 95.1 cm³/mol. The molecule has 7 heteroatoms. The quantitative estimate of drug-likeness (QED) is 0.706. The molecule has 0 bridgehead atoms. The van der Waals surface area contributed by atoms with Crippen LogP contribution in [0.4, 0.5) is 0 Å². The molecule has 132 valence electrons. The normalized spacial score (nSPS) is 13.8. The highest BCUT2D eigenvalue weighted by Gasteiger charge is 2.19. The smallest absolute Gasteiger partial charge is 0.253 e. The average Bonchev–Trinajstić information content (AvgIpc) is 3.39. The lowest BCUT2D eigenvalue weighted by molar-refractivity contribution is 0.0694. The van der Waals surface area contributed by atoms with Crippen LogP contribution in [0.15, 0.2) is 54.6 Å². The minimum Gasteiger partial charge on any atom is -0.389 e. The first kappa shape index (κ1) is 16.3. The lowest BCUT2D eigenvalue weighted by atomic mass is 10.1. The molecule has 1 saturated heterocycles. The summed E-state index contributed by atoms with van der Waals surface area (Å²) in [6.45, 7) is 2.01. The molecule has 1 aliphatic heterocycles. The highest BCUT2D eigenvalue weighted by molar-refractivity contribution is 5.94. The molecule has 7 nitrogen and oxygen atoms in total. The number of tetrazole rings is 1. The van der Waals surface area contributed by atoms with Crippen molar-refractivity contribution in [3.05, 3.63) is 65.7 Å². The fourth-order valence-electron chi connectivity index (χ4n) is 3.00. The van der Waals surface area contributed by atoms with Gasteiger partial charge in [-0.3, -0.25) is 4.79 Å². The lowest BCUT2D eigenvalue weighted by Crippen LogP contribution is -2.27. The summed E-state index contributed by atoms with van der Waals surface area (Å²) in [5.41, 5.74) is 2.53. The van der Waals surface area contributed by atoms with Crippen LogP contribution >= 0.6 is 0 Å². The van der Waals surface area contributed by atoms with Gasteiger partial charge in [-0.25, -0.2) is 0 Å². The van der Waals surface area contributed by atoms with Gasteiger partial charge in [0.2, 0.25) is 5.82 Å². The molecule has 1 aromatic heterocycles. The van der Waals surface area contributed by atoms with E-state index in [4.69, 9.17) is 4.84 Å². The second-order valence-electron chi connectivity index (χ2n) is 6.21. The van der Waals surface area contributed by atoms with Crippen LogP contribution in [0.5, 0.6) is 0 Å². The molecule has 0 atom stereocenters. The molecule has 0 aliphatic carbocycles. The maximum absolute atomic E-state index is 12.4. The summed E-state index contributed by atoms with van der Waals surface area (Å²) in [4.78, 5) is 21.3. The molecule has 1 amide bonds. The minimum absolute atomic E-state index is 0.0989. The van der Waals surface area contributed by atoms with E-state index in [1.54, 1.807) is 0 Å².